The number of methoxy groups -OCH3 is 1. The van der Waals surface area contributed by atoms with E-state index in [1.54, 1.807) is 0 Å². The molecule has 2 rings (SSSR count). The fourth-order valence-electron chi connectivity index (χ4n) is 2.58. The van der Waals surface area contributed by atoms with E-state index in [0.717, 1.165) is 26.2 Å². The number of carbonyl (C=O) groups excluding carboxylic acids is 2. The van der Waals surface area contributed by atoms with Crippen LogP contribution in [0.4, 0.5) is 24.5 Å². The standard InChI is InChI=1S/C19H19F3IN3O5/c1-9(28)19(24,30-2)12-8-11(18(29)26-31-6-5-27)17(16(22)15(12)21)25-14-4-3-10(23)7-13(14)20/h3-4,7-8,25,27H,5-6,24H2,1-2H3,(H,26,29). The van der Waals surface area contributed by atoms with Crippen LogP contribution in [0.25, 0.3) is 0 Å². The second-order valence-electron chi connectivity index (χ2n) is 6.22. The zero-order chi connectivity index (χ0) is 23.3. The molecule has 5 N–H and O–H groups in total. The Kier molecular flexibility index (Phi) is 8.36. The Bertz CT molecular complexity index is 1010. The predicted octanol–water partition coefficient (Wildman–Crippen LogP) is 2.45. The maximum atomic E-state index is 15.1. The number of benzene rings is 2. The van der Waals surface area contributed by atoms with Crippen LogP contribution in [-0.2, 0) is 20.1 Å². The minimum absolute atomic E-state index is 0.242. The molecular formula is C19H19F3IN3O5. The average Bonchev–Trinajstić information content (AvgIpc) is 2.72. The number of hydrogen-bond acceptors (Lipinski definition) is 7. The van der Waals surface area contributed by atoms with Gasteiger partial charge in [0.1, 0.15) is 5.82 Å². The first-order chi connectivity index (χ1) is 14.6. The summed E-state index contributed by atoms with van der Waals surface area (Å²) >= 11 is 1.86. The van der Waals surface area contributed by atoms with Crippen molar-refractivity contribution in [1.82, 2.24) is 5.48 Å². The van der Waals surface area contributed by atoms with Gasteiger partial charge in [0.2, 0.25) is 5.72 Å². The van der Waals surface area contributed by atoms with Crippen LogP contribution in [-0.4, -0.2) is 37.1 Å². The van der Waals surface area contributed by atoms with E-state index >= 15 is 4.39 Å². The van der Waals surface area contributed by atoms with Crippen LogP contribution in [0.2, 0.25) is 0 Å². The second kappa shape index (κ2) is 10.4. The van der Waals surface area contributed by atoms with E-state index in [-0.39, 0.29) is 12.3 Å². The number of aliphatic hydroxyl groups is 1. The van der Waals surface area contributed by atoms with Crippen molar-refractivity contribution in [2.24, 2.45) is 5.73 Å². The maximum absolute atomic E-state index is 15.1. The van der Waals surface area contributed by atoms with Gasteiger partial charge in [-0.2, -0.15) is 0 Å². The highest BCUT2D eigenvalue weighted by Gasteiger charge is 2.39. The second-order valence-corrected chi connectivity index (χ2v) is 7.47. The molecule has 168 valence electrons. The number of aliphatic hydroxyl groups excluding tert-OH is 1. The van der Waals surface area contributed by atoms with Crippen LogP contribution in [0.3, 0.4) is 0 Å². The summed E-state index contributed by atoms with van der Waals surface area (Å²) < 4.78 is 49.7. The van der Waals surface area contributed by atoms with Crippen molar-refractivity contribution in [3.8, 4) is 0 Å². The predicted molar refractivity (Wildman–Crippen MR) is 113 cm³/mol. The lowest BCUT2D eigenvalue weighted by atomic mass is 9.95. The van der Waals surface area contributed by atoms with Crippen molar-refractivity contribution in [2.45, 2.75) is 12.6 Å². The first-order valence-corrected chi connectivity index (χ1v) is 9.77. The zero-order valence-electron chi connectivity index (χ0n) is 16.4. The Hall–Kier alpha value is -2.26. The molecule has 2 aromatic carbocycles. The van der Waals surface area contributed by atoms with Crippen LogP contribution in [0.1, 0.15) is 22.8 Å². The van der Waals surface area contributed by atoms with E-state index in [1.165, 1.54) is 12.1 Å². The molecule has 0 saturated carbocycles. The number of carbonyl (C=O) groups is 2. The number of rotatable bonds is 9. The van der Waals surface area contributed by atoms with Gasteiger partial charge in [0, 0.05) is 16.2 Å². The first kappa shape index (κ1) is 25.0. The molecule has 31 heavy (non-hydrogen) atoms. The summed E-state index contributed by atoms with van der Waals surface area (Å²) in [4.78, 5) is 29.2. The molecule has 0 radical (unpaired) electrons. The molecule has 0 saturated heterocycles. The number of ether oxygens (including phenoxy) is 1. The van der Waals surface area contributed by atoms with E-state index in [2.05, 4.69) is 5.32 Å². The molecule has 0 aliphatic carbocycles. The summed E-state index contributed by atoms with van der Waals surface area (Å²) in [6.45, 7) is 0.281. The zero-order valence-corrected chi connectivity index (χ0v) is 18.6. The number of hydrogen-bond donors (Lipinski definition) is 4. The highest BCUT2D eigenvalue weighted by molar-refractivity contribution is 14.1. The molecule has 12 heteroatoms. The highest BCUT2D eigenvalue weighted by atomic mass is 127. The van der Waals surface area contributed by atoms with E-state index in [4.69, 9.17) is 20.4 Å². The molecule has 0 bridgehead atoms. The molecule has 1 amide bonds. The largest absolute Gasteiger partial charge is 0.394 e. The normalized spacial score (nSPS) is 12.9. The lowest BCUT2D eigenvalue weighted by molar-refractivity contribution is -0.139. The van der Waals surface area contributed by atoms with Crippen LogP contribution >= 0.6 is 22.6 Å². The fourth-order valence-corrected chi connectivity index (χ4v) is 3.04. The number of hydroxylamine groups is 1. The molecular weight excluding hydrogens is 534 g/mol. The molecule has 0 spiro atoms. The Morgan fingerprint density at radius 1 is 1.23 bits per heavy atom. The minimum Gasteiger partial charge on any atom is -0.394 e. The molecule has 0 heterocycles. The minimum atomic E-state index is -2.39. The van der Waals surface area contributed by atoms with E-state index in [9.17, 15) is 18.4 Å². The van der Waals surface area contributed by atoms with Crippen molar-refractivity contribution in [1.29, 1.82) is 0 Å². The Morgan fingerprint density at radius 3 is 2.45 bits per heavy atom. The molecule has 1 atom stereocenters. The van der Waals surface area contributed by atoms with Gasteiger partial charge in [-0.15, -0.1) is 0 Å². The van der Waals surface area contributed by atoms with E-state index in [0.29, 0.717) is 3.57 Å². The van der Waals surface area contributed by atoms with Gasteiger partial charge in [0.15, 0.2) is 17.4 Å². The molecule has 0 fully saturated rings. The van der Waals surface area contributed by atoms with Crippen molar-refractivity contribution >= 4 is 45.7 Å². The third-order valence-corrected chi connectivity index (χ3v) is 4.92. The fraction of sp³-hybridized carbons (Fsp3) is 0.263. The number of anilines is 2. The molecule has 8 nitrogen and oxygen atoms in total. The van der Waals surface area contributed by atoms with Crippen molar-refractivity contribution < 1.29 is 37.4 Å². The van der Waals surface area contributed by atoms with Crippen LogP contribution in [0.15, 0.2) is 24.3 Å². The van der Waals surface area contributed by atoms with Crippen molar-refractivity contribution in [3.05, 3.63) is 56.4 Å². The molecule has 0 aromatic heterocycles. The average molecular weight is 553 g/mol. The summed E-state index contributed by atoms with van der Waals surface area (Å²) in [6.07, 6.45) is 0. The monoisotopic (exact) mass is 553 g/mol. The first-order valence-electron chi connectivity index (χ1n) is 8.69. The van der Waals surface area contributed by atoms with Crippen LogP contribution < -0.4 is 16.5 Å². The lowest BCUT2D eigenvalue weighted by Gasteiger charge is -2.27. The number of ketones is 1. The molecule has 2 aromatic rings. The topological polar surface area (TPSA) is 123 Å². The summed E-state index contributed by atoms with van der Waals surface area (Å²) in [5.74, 6) is -5.89. The lowest BCUT2D eigenvalue weighted by Crippen LogP contribution is -2.46. The summed E-state index contributed by atoms with van der Waals surface area (Å²) in [5.41, 5.74) is 3.08. The van der Waals surface area contributed by atoms with Gasteiger partial charge in [-0.3, -0.25) is 20.2 Å². The van der Waals surface area contributed by atoms with Gasteiger partial charge < -0.3 is 15.2 Å². The maximum Gasteiger partial charge on any atom is 0.277 e. The third kappa shape index (κ3) is 5.33. The molecule has 1 unspecified atom stereocenters. The smallest absolute Gasteiger partial charge is 0.277 e. The number of nitrogens with two attached hydrogens (primary N) is 1. The summed E-state index contributed by atoms with van der Waals surface area (Å²) in [5, 5.41) is 11.1. The van der Waals surface area contributed by atoms with Crippen LogP contribution in [0, 0.1) is 21.0 Å². The number of nitrogens with one attached hydrogen (secondary N) is 2. The van der Waals surface area contributed by atoms with Gasteiger partial charge in [-0.25, -0.2) is 18.7 Å². The number of amides is 1. The summed E-state index contributed by atoms with van der Waals surface area (Å²) in [7, 11) is 1.01. The SMILES string of the molecule is COC(N)(C(C)=O)c1cc(C(=O)NOCCO)c(Nc2ccc(I)cc2F)c(F)c1F. The van der Waals surface area contributed by atoms with Gasteiger partial charge in [0.05, 0.1) is 30.2 Å². The Morgan fingerprint density at radius 2 is 1.90 bits per heavy atom. The van der Waals surface area contributed by atoms with Crippen molar-refractivity contribution in [3.63, 3.8) is 0 Å². The van der Waals surface area contributed by atoms with Gasteiger partial charge >= 0.3 is 0 Å². The third-order valence-electron chi connectivity index (χ3n) is 4.25. The highest BCUT2D eigenvalue weighted by Crippen LogP contribution is 2.34. The van der Waals surface area contributed by atoms with E-state index < -0.39 is 58.3 Å². The Labute approximate surface area is 189 Å². The number of Topliss-reactive ketones (excluding diaryl/α,β-unsaturated/α-hetero) is 1. The van der Waals surface area contributed by atoms with Crippen molar-refractivity contribution in [2.75, 3.05) is 25.6 Å². The quantitative estimate of drug-likeness (QED) is 0.163. The summed E-state index contributed by atoms with van der Waals surface area (Å²) in [6, 6.07) is 4.71. The van der Waals surface area contributed by atoms with E-state index in [1.807, 2.05) is 28.1 Å². The Balaban J connectivity index is 2.68. The van der Waals surface area contributed by atoms with Crippen LogP contribution in [0.5, 0.6) is 0 Å². The van der Waals surface area contributed by atoms with Gasteiger partial charge in [0.25, 0.3) is 5.91 Å². The molecule has 0 aliphatic rings. The molecule has 0 aliphatic heterocycles. The number of halogens is 4. The van der Waals surface area contributed by atoms with Gasteiger partial charge in [-0.05, 0) is 53.8 Å². The van der Waals surface area contributed by atoms with Gasteiger partial charge in [-0.1, -0.05) is 0 Å².